The fourth-order valence-electron chi connectivity index (χ4n) is 1.85. The van der Waals surface area contributed by atoms with E-state index in [-0.39, 0.29) is 0 Å². The molecule has 2 aromatic rings. The van der Waals surface area contributed by atoms with Crippen molar-refractivity contribution in [2.45, 2.75) is 13.0 Å². The largest absolute Gasteiger partial charge is 0.312 e. The van der Waals surface area contributed by atoms with Gasteiger partial charge in [0.25, 0.3) is 0 Å². The first-order chi connectivity index (χ1) is 9.70. The Hall–Kier alpha value is -1.60. The van der Waals surface area contributed by atoms with Crippen molar-refractivity contribution in [2.75, 3.05) is 6.54 Å². The number of benzene rings is 1. The SMILES string of the molecule is N#Cc1ncccc1CNCCc1ccc(Cl)cc1Cl. The highest BCUT2D eigenvalue weighted by Crippen LogP contribution is 2.21. The Morgan fingerprint density at radius 3 is 2.80 bits per heavy atom. The number of nitrogens with one attached hydrogen (secondary N) is 1. The first-order valence-corrected chi connectivity index (χ1v) is 6.95. The van der Waals surface area contributed by atoms with Gasteiger partial charge in [-0.3, -0.25) is 0 Å². The topological polar surface area (TPSA) is 48.7 Å². The third-order valence-corrected chi connectivity index (χ3v) is 3.49. The summed E-state index contributed by atoms with van der Waals surface area (Å²) in [4.78, 5) is 4.02. The van der Waals surface area contributed by atoms with Crippen LogP contribution in [0.5, 0.6) is 0 Å². The second kappa shape index (κ2) is 7.25. The van der Waals surface area contributed by atoms with Gasteiger partial charge in [-0.25, -0.2) is 4.98 Å². The van der Waals surface area contributed by atoms with Crippen LogP contribution in [-0.2, 0) is 13.0 Å². The molecule has 0 spiro atoms. The van der Waals surface area contributed by atoms with Gasteiger partial charge in [-0.15, -0.1) is 0 Å². The molecule has 1 aromatic heterocycles. The maximum atomic E-state index is 8.95. The van der Waals surface area contributed by atoms with E-state index in [2.05, 4.69) is 16.4 Å². The number of nitriles is 1. The number of rotatable bonds is 5. The van der Waals surface area contributed by atoms with Gasteiger partial charge >= 0.3 is 0 Å². The van der Waals surface area contributed by atoms with Crippen molar-refractivity contribution in [3.8, 4) is 6.07 Å². The third-order valence-electron chi connectivity index (χ3n) is 2.90. The van der Waals surface area contributed by atoms with Crippen LogP contribution in [0.25, 0.3) is 0 Å². The summed E-state index contributed by atoms with van der Waals surface area (Å²) in [5, 5.41) is 13.5. The van der Waals surface area contributed by atoms with E-state index in [1.165, 1.54) is 0 Å². The minimum atomic E-state index is 0.463. The molecule has 2 rings (SSSR count). The molecule has 5 heteroatoms. The molecule has 0 saturated heterocycles. The van der Waals surface area contributed by atoms with Gasteiger partial charge in [0.2, 0.25) is 0 Å². The van der Waals surface area contributed by atoms with Crippen LogP contribution in [0, 0.1) is 11.3 Å². The van der Waals surface area contributed by atoms with Crippen molar-refractivity contribution in [1.29, 1.82) is 5.26 Å². The van der Waals surface area contributed by atoms with Crippen LogP contribution in [0.3, 0.4) is 0 Å². The van der Waals surface area contributed by atoms with Gasteiger partial charge in [0.15, 0.2) is 0 Å². The predicted molar refractivity (Wildman–Crippen MR) is 80.8 cm³/mol. The zero-order valence-corrected chi connectivity index (χ0v) is 12.2. The van der Waals surface area contributed by atoms with Crippen molar-refractivity contribution in [1.82, 2.24) is 10.3 Å². The minimum Gasteiger partial charge on any atom is -0.312 e. The van der Waals surface area contributed by atoms with E-state index < -0.39 is 0 Å². The van der Waals surface area contributed by atoms with E-state index in [0.29, 0.717) is 22.3 Å². The van der Waals surface area contributed by atoms with E-state index >= 15 is 0 Å². The summed E-state index contributed by atoms with van der Waals surface area (Å²) < 4.78 is 0. The van der Waals surface area contributed by atoms with Crippen molar-refractivity contribution < 1.29 is 0 Å². The molecule has 0 atom stereocenters. The van der Waals surface area contributed by atoms with Gasteiger partial charge in [-0.2, -0.15) is 5.26 Å². The molecule has 0 fully saturated rings. The Morgan fingerprint density at radius 1 is 1.20 bits per heavy atom. The van der Waals surface area contributed by atoms with E-state index in [1.807, 2.05) is 24.3 Å². The Balaban J connectivity index is 1.86. The van der Waals surface area contributed by atoms with Crippen molar-refractivity contribution in [2.24, 2.45) is 0 Å². The molecule has 0 aliphatic rings. The molecule has 0 radical (unpaired) electrons. The summed E-state index contributed by atoms with van der Waals surface area (Å²) in [6, 6.07) is 11.3. The second-order valence-electron chi connectivity index (χ2n) is 4.29. The summed E-state index contributed by atoms with van der Waals surface area (Å²) in [5.41, 5.74) is 2.41. The Morgan fingerprint density at radius 2 is 2.05 bits per heavy atom. The first kappa shape index (κ1) is 14.8. The average molecular weight is 306 g/mol. The molecule has 0 amide bonds. The molecule has 1 N–H and O–H groups in total. The summed E-state index contributed by atoms with van der Waals surface area (Å²) in [6.07, 6.45) is 2.42. The van der Waals surface area contributed by atoms with Gasteiger partial charge in [0.05, 0.1) is 0 Å². The molecular formula is C15H13Cl2N3. The molecule has 1 heterocycles. The quantitative estimate of drug-likeness (QED) is 0.859. The second-order valence-corrected chi connectivity index (χ2v) is 5.13. The standard InChI is InChI=1S/C15H13Cl2N3/c16-13-4-3-11(14(17)8-13)5-7-19-10-12-2-1-6-20-15(12)9-18/h1-4,6,8,19H,5,7,10H2. The summed E-state index contributed by atoms with van der Waals surface area (Å²) in [6.45, 7) is 1.38. The number of nitrogens with zero attached hydrogens (tertiary/aromatic N) is 2. The molecular weight excluding hydrogens is 293 g/mol. The zero-order chi connectivity index (χ0) is 14.4. The van der Waals surface area contributed by atoms with Crippen molar-refractivity contribution in [3.63, 3.8) is 0 Å². The number of pyridine rings is 1. The van der Waals surface area contributed by atoms with Crippen LogP contribution in [0.1, 0.15) is 16.8 Å². The minimum absolute atomic E-state index is 0.463. The number of halogens is 2. The number of hydrogen-bond donors (Lipinski definition) is 1. The summed E-state index contributed by atoms with van der Waals surface area (Å²) in [7, 11) is 0. The van der Waals surface area contributed by atoms with E-state index in [4.69, 9.17) is 28.5 Å². The lowest BCUT2D eigenvalue weighted by Gasteiger charge is -2.07. The molecule has 1 aromatic carbocycles. The molecule has 20 heavy (non-hydrogen) atoms. The molecule has 3 nitrogen and oxygen atoms in total. The molecule has 0 aliphatic carbocycles. The average Bonchev–Trinajstić information content (AvgIpc) is 2.46. The lowest BCUT2D eigenvalue weighted by Crippen LogP contribution is -2.17. The highest BCUT2D eigenvalue weighted by atomic mass is 35.5. The Kier molecular flexibility index (Phi) is 5.37. The maximum Gasteiger partial charge on any atom is 0.144 e. The normalized spacial score (nSPS) is 10.2. The van der Waals surface area contributed by atoms with Crippen LogP contribution in [-0.4, -0.2) is 11.5 Å². The van der Waals surface area contributed by atoms with Gasteiger partial charge in [0.1, 0.15) is 11.8 Å². The van der Waals surface area contributed by atoms with E-state index in [1.54, 1.807) is 12.3 Å². The van der Waals surface area contributed by atoms with Crippen LogP contribution >= 0.6 is 23.2 Å². The zero-order valence-electron chi connectivity index (χ0n) is 10.7. The predicted octanol–water partition coefficient (Wildman–Crippen LogP) is 3.59. The highest BCUT2D eigenvalue weighted by molar-refractivity contribution is 6.35. The van der Waals surface area contributed by atoms with Crippen LogP contribution in [0.2, 0.25) is 10.0 Å². The molecule has 0 aliphatic heterocycles. The van der Waals surface area contributed by atoms with Gasteiger partial charge in [-0.1, -0.05) is 35.3 Å². The van der Waals surface area contributed by atoms with E-state index in [0.717, 1.165) is 24.1 Å². The Labute approximate surface area is 128 Å². The fraction of sp³-hybridized carbons (Fsp3) is 0.200. The lowest BCUT2D eigenvalue weighted by atomic mass is 10.1. The lowest BCUT2D eigenvalue weighted by molar-refractivity contribution is 0.684. The van der Waals surface area contributed by atoms with Crippen molar-refractivity contribution >= 4 is 23.2 Å². The Bertz CT molecular complexity index is 635. The van der Waals surface area contributed by atoms with Crippen molar-refractivity contribution in [3.05, 3.63) is 63.4 Å². The van der Waals surface area contributed by atoms with Gasteiger partial charge < -0.3 is 5.32 Å². The highest BCUT2D eigenvalue weighted by Gasteiger charge is 2.03. The first-order valence-electron chi connectivity index (χ1n) is 6.19. The molecule has 0 unspecified atom stereocenters. The number of aromatic nitrogens is 1. The molecule has 102 valence electrons. The summed E-state index contributed by atoms with van der Waals surface area (Å²) >= 11 is 12.0. The van der Waals surface area contributed by atoms with Gasteiger partial charge in [0, 0.05) is 28.4 Å². The summed E-state index contributed by atoms with van der Waals surface area (Å²) in [5.74, 6) is 0. The van der Waals surface area contributed by atoms with E-state index in [9.17, 15) is 0 Å². The smallest absolute Gasteiger partial charge is 0.144 e. The number of hydrogen-bond acceptors (Lipinski definition) is 3. The molecule has 0 saturated carbocycles. The van der Waals surface area contributed by atoms with Crippen LogP contribution < -0.4 is 5.32 Å². The maximum absolute atomic E-state index is 8.95. The van der Waals surface area contributed by atoms with Gasteiger partial charge in [-0.05, 0) is 36.7 Å². The van der Waals surface area contributed by atoms with Crippen LogP contribution in [0.15, 0.2) is 36.5 Å². The monoisotopic (exact) mass is 305 g/mol. The van der Waals surface area contributed by atoms with Crippen LogP contribution in [0.4, 0.5) is 0 Å². The molecule has 0 bridgehead atoms. The third kappa shape index (κ3) is 3.94. The fourth-order valence-corrected chi connectivity index (χ4v) is 2.36.